The van der Waals surface area contributed by atoms with Crippen molar-refractivity contribution in [2.75, 3.05) is 0 Å². The number of thiophene rings is 2. The molecule has 51 heavy (non-hydrogen) atoms. The van der Waals surface area contributed by atoms with Crippen LogP contribution < -0.4 is 0 Å². The quantitative estimate of drug-likeness (QED) is 0.185. The molecule has 0 radical (unpaired) electrons. The Morgan fingerprint density at radius 2 is 0.941 bits per heavy atom. The molecular weight excluding hydrogens is 661 g/mol. The number of hydrogen-bond acceptors (Lipinski definition) is 5. The maximum absolute atomic E-state index is 5.18. The van der Waals surface area contributed by atoms with E-state index in [2.05, 4.69) is 144 Å². The lowest BCUT2D eigenvalue weighted by molar-refractivity contribution is 0.954. The summed E-state index contributed by atoms with van der Waals surface area (Å²) in [6.45, 7) is 0. The SMILES string of the molecule is c1ccc(-c2nc(-c3ccc4c(c3)sc3cc(-c5cccc6c5sc5ccccc56)ccc34)nc(-n3c4ccccc4c4ccccc43)n2)cc1. The fourth-order valence-corrected chi connectivity index (χ4v) is 9.93. The van der Waals surface area contributed by atoms with E-state index in [0.717, 1.165) is 22.2 Å². The first-order valence-electron chi connectivity index (χ1n) is 16.9. The Hall–Kier alpha value is -6.21. The molecule has 11 aromatic rings. The highest BCUT2D eigenvalue weighted by molar-refractivity contribution is 7.26. The summed E-state index contributed by atoms with van der Waals surface area (Å²) in [7, 11) is 0. The summed E-state index contributed by atoms with van der Waals surface area (Å²) < 4.78 is 7.30. The summed E-state index contributed by atoms with van der Waals surface area (Å²) in [6, 6.07) is 56.0. The molecule has 0 aliphatic heterocycles. The molecule has 11 rings (SSSR count). The van der Waals surface area contributed by atoms with Gasteiger partial charge in [-0.1, -0.05) is 127 Å². The van der Waals surface area contributed by atoms with Crippen molar-refractivity contribution in [1.29, 1.82) is 0 Å². The molecule has 4 aromatic heterocycles. The van der Waals surface area contributed by atoms with E-state index in [1.807, 2.05) is 40.9 Å². The number of rotatable bonds is 4. The Bertz CT molecular complexity index is 3100. The zero-order valence-corrected chi connectivity index (χ0v) is 28.7. The molecule has 4 nitrogen and oxygen atoms in total. The summed E-state index contributed by atoms with van der Waals surface area (Å²) in [5.74, 6) is 1.90. The van der Waals surface area contributed by atoms with E-state index in [0.29, 0.717) is 17.6 Å². The van der Waals surface area contributed by atoms with Gasteiger partial charge in [-0.05, 0) is 41.5 Å². The van der Waals surface area contributed by atoms with Gasteiger partial charge in [0.1, 0.15) is 0 Å². The van der Waals surface area contributed by atoms with Crippen molar-refractivity contribution < 1.29 is 0 Å². The lowest BCUT2D eigenvalue weighted by atomic mass is 10.0. The highest BCUT2D eigenvalue weighted by atomic mass is 32.1. The molecular formula is C45H26N4S2. The third-order valence-corrected chi connectivity index (χ3v) is 12.2. The van der Waals surface area contributed by atoms with Crippen LogP contribution in [-0.2, 0) is 0 Å². The largest absolute Gasteiger partial charge is 0.278 e. The van der Waals surface area contributed by atoms with Crippen LogP contribution in [0, 0.1) is 0 Å². The van der Waals surface area contributed by atoms with Crippen LogP contribution in [0.3, 0.4) is 0 Å². The number of aromatic nitrogens is 4. The van der Waals surface area contributed by atoms with Crippen LogP contribution in [0.25, 0.3) is 102 Å². The van der Waals surface area contributed by atoms with Crippen molar-refractivity contribution in [3.8, 4) is 39.9 Å². The third-order valence-electron chi connectivity index (χ3n) is 9.88. The van der Waals surface area contributed by atoms with Gasteiger partial charge in [0.25, 0.3) is 0 Å². The van der Waals surface area contributed by atoms with Gasteiger partial charge in [-0.15, -0.1) is 22.7 Å². The Labute approximate surface area is 300 Å². The Balaban J connectivity index is 1.08. The van der Waals surface area contributed by atoms with Crippen molar-refractivity contribution in [3.05, 3.63) is 158 Å². The molecule has 0 aliphatic rings. The van der Waals surface area contributed by atoms with Gasteiger partial charge in [-0.25, -0.2) is 4.98 Å². The zero-order chi connectivity index (χ0) is 33.5. The zero-order valence-electron chi connectivity index (χ0n) is 27.1. The molecule has 0 saturated heterocycles. The van der Waals surface area contributed by atoms with E-state index in [1.54, 1.807) is 0 Å². The first-order valence-corrected chi connectivity index (χ1v) is 18.6. The van der Waals surface area contributed by atoms with Crippen LogP contribution in [0.2, 0.25) is 0 Å². The van der Waals surface area contributed by atoms with Gasteiger partial charge in [0, 0.05) is 62.2 Å². The fourth-order valence-electron chi connectivity index (χ4n) is 7.51. The van der Waals surface area contributed by atoms with Crippen LogP contribution in [-0.4, -0.2) is 19.5 Å². The van der Waals surface area contributed by atoms with Gasteiger partial charge in [0.15, 0.2) is 11.6 Å². The van der Waals surface area contributed by atoms with Crippen molar-refractivity contribution in [1.82, 2.24) is 19.5 Å². The van der Waals surface area contributed by atoms with Gasteiger partial charge in [0.05, 0.1) is 11.0 Å². The molecule has 0 saturated carbocycles. The van der Waals surface area contributed by atoms with Crippen molar-refractivity contribution >= 4 is 84.8 Å². The number of hydrogen-bond donors (Lipinski definition) is 0. The van der Waals surface area contributed by atoms with E-state index in [9.17, 15) is 0 Å². The van der Waals surface area contributed by atoms with E-state index < -0.39 is 0 Å². The smallest absolute Gasteiger partial charge is 0.238 e. The van der Waals surface area contributed by atoms with E-state index in [1.165, 1.54) is 62.2 Å². The first-order chi connectivity index (χ1) is 25.3. The second kappa shape index (κ2) is 11.2. The average Bonchev–Trinajstić information content (AvgIpc) is 3.87. The molecule has 0 N–H and O–H groups in total. The lowest BCUT2D eigenvalue weighted by Crippen LogP contribution is -2.06. The molecule has 0 spiro atoms. The molecule has 4 heterocycles. The number of fused-ring (bicyclic) bond motifs is 9. The second-order valence-electron chi connectivity index (χ2n) is 12.8. The molecule has 0 bridgehead atoms. The molecule has 0 unspecified atom stereocenters. The summed E-state index contributed by atoms with van der Waals surface area (Å²) >= 11 is 3.70. The summed E-state index contributed by atoms with van der Waals surface area (Å²) in [5, 5.41) is 7.49. The van der Waals surface area contributed by atoms with Crippen LogP contribution in [0.15, 0.2) is 158 Å². The normalized spacial score (nSPS) is 11.9. The minimum absolute atomic E-state index is 0.604. The molecule has 238 valence electrons. The Morgan fingerprint density at radius 3 is 1.69 bits per heavy atom. The van der Waals surface area contributed by atoms with Crippen molar-refractivity contribution in [3.63, 3.8) is 0 Å². The molecule has 6 heteroatoms. The topological polar surface area (TPSA) is 43.6 Å². The molecule has 0 atom stereocenters. The first kappa shape index (κ1) is 28.6. The number of para-hydroxylation sites is 2. The van der Waals surface area contributed by atoms with Crippen LogP contribution in [0.4, 0.5) is 0 Å². The van der Waals surface area contributed by atoms with E-state index in [-0.39, 0.29) is 0 Å². The number of nitrogens with zero attached hydrogens (tertiary/aromatic N) is 4. The Morgan fingerprint density at radius 1 is 0.373 bits per heavy atom. The maximum Gasteiger partial charge on any atom is 0.238 e. The van der Waals surface area contributed by atoms with Crippen LogP contribution in [0.1, 0.15) is 0 Å². The minimum Gasteiger partial charge on any atom is -0.278 e. The maximum atomic E-state index is 5.18. The average molecular weight is 687 g/mol. The van der Waals surface area contributed by atoms with Gasteiger partial charge in [-0.2, -0.15) is 9.97 Å². The molecule has 0 fully saturated rings. The highest BCUT2D eigenvalue weighted by Crippen LogP contribution is 2.43. The third kappa shape index (κ3) is 4.47. The van der Waals surface area contributed by atoms with Crippen LogP contribution in [0.5, 0.6) is 0 Å². The highest BCUT2D eigenvalue weighted by Gasteiger charge is 2.18. The summed E-state index contributed by atoms with van der Waals surface area (Å²) in [6.07, 6.45) is 0. The molecule has 0 amide bonds. The van der Waals surface area contributed by atoms with Gasteiger partial charge >= 0.3 is 0 Å². The van der Waals surface area contributed by atoms with E-state index >= 15 is 0 Å². The van der Waals surface area contributed by atoms with Gasteiger partial charge in [0.2, 0.25) is 5.95 Å². The predicted octanol–water partition coefficient (Wildman–Crippen LogP) is 12.7. The fraction of sp³-hybridized carbons (Fsp3) is 0. The Kier molecular flexibility index (Phi) is 6.26. The van der Waals surface area contributed by atoms with Crippen LogP contribution >= 0.6 is 22.7 Å². The standard InChI is InChI=1S/C45H26N4S2/c1-2-11-27(12-3-1)43-46-44(48-45(47-43)49-37-18-7-4-13-31(37)32-14-5-8-19-38(32)49)29-22-24-35-34-23-21-28(25-40(34)50-41(35)26-29)30-16-10-17-36-33-15-6-9-20-39(33)51-42(30)36/h1-26H. The molecule has 0 aliphatic carbocycles. The van der Waals surface area contributed by atoms with Crippen molar-refractivity contribution in [2.24, 2.45) is 0 Å². The summed E-state index contributed by atoms with van der Waals surface area (Å²) in [4.78, 5) is 15.3. The van der Waals surface area contributed by atoms with Crippen molar-refractivity contribution in [2.45, 2.75) is 0 Å². The molecule has 7 aromatic carbocycles. The van der Waals surface area contributed by atoms with Gasteiger partial charge in [-0.3, -0.25) is 4.57 Å². The van der Waals surface area contributed by atoms with E-state index in [4.69, 9.17) is 15.0 Å². The predicted molar refractivity (Wildman–Crippen MR) is 216 cm³/mol. The number of benzene rings is 7. The second-order valence-corrected chi connectivity index (χ2v) is 15.0. The lowest BCUT2D eigenvalue weighted by Gasteiger charge is -2.11. The minimum atomic E-state index is 0.604. The van der Waals surface area contributed by atoms with Gasteiger partial charge < -0.3 is 0 Å². The summed E-state index contributed by atoms with van der Waals surface area (Å²) in [5.41, 5.74) is 6.57. The monoisotopic (exact) mass is 686 g/mol.